The molecule has 142 valence electrons. The van der Waals surface area contributed by atoms with Crippen molar-refractivity contribution in [3.8, 4) is 0 Å². The minimum atomic E-state index is -4.40. The van der Waals surface area contributed by atoms with Gasteiger partial charge in [0.25, 0.3) is 0 Å². The van der Waals surface area contributed by atoms with Crippen LogP contribution in [0.25, 0.3) is 0 Å². The molecule has 1 aromatic rings. The quantitative estimate of drug-likeness (QED) is 0.591. The minimum Gasteiger partial charge on any atom is -0.357 e. The van der Waals surface area contributed by atoms with Crippen LogP contribution in [-0.2, 0) is 12.7 Å². The molecule has 0 radical (unpaired) electrons. The zero-order valence-electron chi connectivity index (χ0n) is 14.7. The number of piperidine rings is 1. The Hall–Kier alpha value is -1.35. The number of hydrogen-bond donors (Lipinski definition) is 2. The highest BCUT2D eigenvalue weighted by Gasteiger charge is 2.33. The third kappa shape index (κ3) is 6.47. The highest BCUT2D eigenvalue weighted by atomic mass is 32.1. The van der Waals surface area contributed by atoms with Gasteiger partial charge in [-0.05, 0) is 32.7 Å². The average Bonchev–Trinajstić information content (AvgIpc) is 3.04. The third-order valence-corrected chi connectivity index (χ3v) is 4.86. The molecule has 2 heterocycles. The van der Waals surface area contributed by atoms with E-state index in [-0.39, 0.29) is 6.54 Å². The van der Waals surface area contributed by atoms with E-state index >= 15 is 0 Å². The topological polar surface area (TPSA) is 52.5 Å². The fourth-order valence-corrected chi connectivity index (χ4v) is 3.52. The van der Waals surface area contributed by atoms with Crippen molar-refractivity contribution in [1.29, 1.82) is 0 Å². The molecule has 9 heteroatoms. The first-order valence-electron chi connectivity index (χ1n) is 8.71. The van der Waals surface area contributed by atoms with Crippen molar-refractivity contribution < 1.29 is 13.2 Å². The number of nitrogens with one attached hydrogen (secondary N) is 2. The van der Waals surface area contributed by atoms with E-state index in [1.807, 2.05) is 6.92 Å². The fraction of sp³-hybridized carbons (Fsp3) is 0.750. The Balaban J connectivity index is 1.89. The fourth-order valence-electron chi connectivity index (χ4n) is 2.79. The van der Waals surface area contributed by atoms with Gasteiger partial charge in [0.15, 0.2) is 11.7 Å². The van der Waals surface area contributed by atoms with Crippen LogP contribution < -0.4 is 10.6 Å². The highest BCUT2D eigenvalue weighted by molar-refractivity contribution is 7.09. The molecule has 1 aliphatic rings. The first-order valence-corrected chi connectivity index (χ1v) is 9.59. The van der Waals surface area contributed by atoms with Crippen LogP contribution in [-0.4, -0.2) is 48.1 Å². The van der Waals surface area contributed by atoms with Crippen molar-refractivity contribution in [3.63, 3.8) is 0 Å². The summed E-state index contributed by atoms with van der Waals surface area (Å²) >= 11 is 0.988. The number of nitrogens with zero attached hydrogens (tertiary/aromatic N) is 3. The molecule has 1 saturated heterocycles. The van der Waals surface area contributed by atoms with Gasteiger partial charge in [0.2, 0.25) is 0 Å². The predicted octanol–water partition coefficient (Wildman–Crippen LogP) is 3.09. The summed E-state index contributed by atoms with van der Waals surface area (Å²) in [4.78, 5) is 10.5. The molecule has 25 heavy (non-hydrogen) atoms. The van der Waals surface area contributed by atoms with Crippen LogP contribution in [0.1, 0.15) is 43.8 Å². The Morgan fingerprint density at radius 2 is 2.08 bits per heavy atom. The van der Waals surface area contributed by atoms with Crippen molar-refractivity contribution in [2.45, 2.75) is 51.9 Å². The van der Waals surface area contributed by atoms with Gasteiger partial charge in [0.1, 0.15) is 5.01 Å². The summed E-state index contributed by atoms with van der Waals surface area (Å²) in [6.07, 6.45) is -1.15. The minimum absolute atomic E-state index is 0.144. The first kappa shape index (κ1) is 20.0. The molecule has 2 N–H and O–H groups in total. The summed E-state index contributed by atoms with van der Waals surface area (Å²) in [5, 5.41) is 7.95. The number of halogens is 3. The Morgan fingerprint density at radius 3 is 2.64 bits per heavy atom. The number of aromatic nitrogens is 1. The summed E-state index contributed by atoms with van der Waals surface area (Å²) in [5.74, 6) is 0.639. The van der Waals surface area contributed by atoms with Gasteiger partial charge >= 0.3 is 6.18 Å². The molecule has 2 rings (SSSR count). The summed E-state index contributed by atoms with van der Waals surface area (Å²) in [6, 6.07) is 0.341. The van der Waals surface area contributed by atoms with Crippen LogP contribution >= 0.6 is 11.3 Å². The molecule has 0 amide bonds. The smallest absolute Gasteiger partial charge is 0.357 e. The summed E-state index contributed by atoms with van der Waals surface area (Å²) < 4.78 is 37.8. The van der Waals surface area contributed by atoms with E-state index in [2.05, 4.69) is 32.4 Å². The maximum absolute atomic E-state index is 12.6. The van der Waals surface area contributed by atoms with Gasteiger partial charge < -0.3 is 15.5 Å². The second-order valence-electron chi connectivity index (χ2n) is 6.08. The van der Waals surface area contributed by atoms with Gasteiger partial charge in [-0.15, -0.1) is 11.3 Å². The van der Waals surface area contributed by atoms with Crippen molar-refractivity contribution in [2.75, 3.05) is 26.2 Å². The van der Waals surface area contributed by atoms with Crippen LogP contribution in [0.2, 0.25) is 0 Å². The third-order valence-electron chi connectivity index (χ3n) is 4.03. The van der Waals surface area contributed by atoms with Crippen molar-refractivity contribution in [2.24, 2.45) is 4.99 Å². The Labute approximate surface area is 150 Å². The summed E-state index contributed by atoms with van der Waals surface area (Å²) in [5.41, 5.74) is -0.844. The number of alkyl halides is 3. The zero-order valence-corrected chi connectivity index (χ0v) is 15.5. The summed E-state index contributed by atoms with van der Waals surface area (Å²) in [7, 11) is 0. The highest BCUT2D eigenvalue weighted by Crippen LogP contribution is 2.30. The molecule has 1 aliphatic heterocycles. The lowest BCUT2D eigenvalue weighted by Gasteiger charge is -2.32. The molecular formula is C16H26F3N5S. The average molecular weight is 377 g/mol. The van der Waals surface area contributed by atoms with Gasteiger partial charge in [0.05, 0.1) is 6.54 Å². The van der Waals surface area contributed by atoms with Crippen LogP contribution in [0.5, 0.6) is 0 Å². The van der Waals surface area contributed by atoms with E-state index in [1.165, 1.54) is 0 Å². The van der Waals surface area contributed by atoms with E-state index in [9.17, 15) is 13.2 Å². The SMILES string of the molecule is CCCN1CCC(NC(=NCc2nc(C(F)(F)F)cs2)NCC)CC1. The lowest BCUT2D eigenvalue weighted by Crippen LogP contribution is -2.48. The van der Waals surface area contributed by atoms with E-state index in [1.54, 1.807) is 0 Å². The lowest BCUT2D eigenvalue weighted by molar-refractivity contribution is -0.140. The van der Waals surface area contributed by atoms with Crippen LogP contribution in [0.3, 0.4) is 0 Å². The van der Waals surface area contributed by atoms with E-state index in [4.69, 9.17) is 0 Å². The Bertz CT molecular complexity index is 550. The number of thiazole rings is 1. The summed E-state index contributed by atoms with van der Waals surface area (Å²) in [6.45, 7) is 8.25. The van der Waals surface area contributed by atoms with Gasteiger partial charge in [-0.3, -0.25) is 0 Å². The predicted molar refractivity (Wildman–Crippen MR) is 94.8 cm³/mol. The van der Waals surface area contributed by atoms with Crippen molar-refractivity contribution >= 4 is 17.3 Å². The zero-order chi connectivity index (χ0) is 18.3. The molecule has 0 unspecified atom stereocenters. The molecule has 1 aromatic heterocycles. The van der Waals surface area contributed by atoms with Gasteiger partial charge in [-0.1, -0.05) is 6.92 Å². The molecule has 0 aromatic carbocycles. The van der Waals surface area contributed by atoms with Crippen LogP contribution in [0.4, 0.5) is 13.2 Å². The number of aliphatic imine (C=N–C) groups is 1. The maximum Gasteiger partial charge on any atom is 0.434 e. The molecule has 0 atom stereocenters. The monoisotopic (exact) mass is 377 g/mol. The van der Waals surface area contributed by atoms with Gasteiger partial charge in [-0.25, -0.2) is 9.98 Å². The molecule has 1 fully saturated rings. The standard InChI is InChI=1S/C16H26F3N5S/c1-3-7-24-8-5-12(6-9-24)22-15(20-4-2)21-10-14-23-13(11-25-14)16(17,18)19/h11-12H,3-10H2,1-2H3,(H2,20,21,22). The first-order chi connectivity index (χ1) is 11.9. The molecule has 0 saturated carbocycles. The second-order valence-corrected chi connectivity index (χ2v) is 7.02. The number of hydrogen-bond acceptors (Lipinski definition) is 4. The molecular weight excluding hydrogens is 351 g/mol. The normalized spacial score (nSPS) is 17.7. The van der Waals surface area contributed by atoms with Gasteiger partial charge in [-0.2, -0.15) is 13.2 Å². The van der Waals surface area contributed by atoms with Crippen LogP contribution in [0, 0.1) is 0 Å². The number of likely N-dealkylation sites (tertiary alicyclic amines) is 1. The van der Waals surface area contributed by atoms with Gasteiger partial charge in [0, 0.05) is 31.1 Å². The number of guanidine groups is 1. The molecule has 5 nitrogen and oxygen atoms in total. The van der Waals surface area contributed by atoms with E-state index in [0.717, 1.165) is 55.6 Å². The van der Waals surface area contributed by atoms with Crippen molar-refractivity contribution in [3.05, 3.63) is 16.1 Å². The lowest BCUT2D eigenvalue weighted by atomic mass is 10.1. The second kappa shape index (κ2) is 9.38. The molecule has 0 aliphatic carbocycles. The van der Waals surface area contributed by atoms with E-state index in [0.29, 0.717) is 23.6 Å². The number of rotatable bonds is 6. The maximum atomic E-state index is 12.6. The largest absolute Gasteiger partial charge is 0.434 e. The molecule has 0 spiro atoms. The van der Waals surface area contributed by atoms with Crippen molar-refractivity contribution in [1.82, 2.24) is 20.5 Å². The van der Waals surface area contributed by atoms with E-state index < -0.39 is 11.9 Å². The Kier molecular flexibility index (Phi) is 7.49. The Morgan fingerprint density at radius 1 is 1.36 bits per heavy atom. The molecule has 0 bridgehead atoms. The van der Waals surface area contributed by atoms with Crippen LogP contribution in [0.15, 0.2) is 10.4 Å².